The van der Waals surface area contributed by atoms with E-state index >= 15 is 0 Å². The summed E-state index contributed by atoms with van der Waals surface area (Å²) >= 11 is 1.32. The Morgan fingerprint density at radius 2 is 1.57 bits per heavy atom. The lowest BCUT2D eigenvalue weighted by Crippen LogP contribution is -2.16. The standard InChI is InChI=1S/C16H30O6S/c1-4-14(16(18)23-5-2)6-7-15(17)22-13-12-21-11-10-20-9-8-19-3/h14H,4-13H2,1-3H3/t14-/m0/s1. The van der Waals surface area contributed by atoms with Gasteiger partial charge in [0.05, 0.1) is 33.0 Å². The van der Waals surface area contributed by atoms with Crippen molar-refractivity contribution < 1.29 is 28.5 Å². The Bertz CT molecular complexity index is 311. The first-order chi connectivity index (χ1) is 11.2. The van der Waals surface area contributed by atoms with Crippen LogP contribution in [0.4, 0.5) is 0 Å². The van der Waals surface area contributed by atoms with Crippen LogP contribution in [0.3, 0.4) is 0 Å². The molecule has 0 radical (unpaired) electrons. The van der Waals surface area contributed by atoms with E-state index in [4.69, 9.17) is 18.9 Å². The molecule has 0 aromatic rings. The van der Waals surface area contributed by atoms with Gasteiger partial charge in [0.15, 0.2) is 5.12 Å². The molecular formula is C16H30O6S. The van der Waals surface area contributed by atoms with E-state index in [1.807, 2.05) is 13.8 Å². The Morgan fingerprint density at radius 1 is 0.957 bits per heavy atom. The molecule has 6 nitrogen and oxygen atoms in total. The van der Waals surface area contributed by atoms with Gasteiger partial charge in [-0.05, 0) is 18.6 Å². The SMILES string of the molecule is CCSC(=O)[C@@H](CC)CCC(=O)OCCOCCOCCOC. The lowest BCUT2D eigenvalue weighted by atomic mass is 10.0. The number of thioether (sulfide) groups is 1. The Labute approximate surface area is 143 Å². The van der Waals surface area contributed by atoms with Crippen molar-refractivity contribution in [3.05, 3.63) is 0 Å². The first-order valence-electron chi connectivity index (χ1n) is 8.12. The molecule has 0 heterocycles. The minimum atomic E-state index is -0.280. The van der Waals surface area contributed by atoms with Gasteiger partial charge in [0.2, 0.25) is 0 Å². The third-order valence-corrected chi connectivity index (χ3v) is 4.01. The van der Waals surface area contributed by atoms with Crippen LogP contribution in [0.2, 0.25) is 0 Å². The van der Waals surface area contributed by atoms with Crippen LogP contribution >= 0.6 is 11.8 Å². The van der Waals surface area contributed by atoms with Gasteiger partial charge >= 0.3 is 5.97 Å². The minimum Gasteiger partial charge on any atom is -0.463 e. The van der Waals surface area contributed by atoms with Crippen molar-refractivity contribution in [1.82, 2.24) is 0 Å². The van der Waals surface area contributed by atoms with E-state index in [-0.39, 0.29) is 30.0 Å². The molecule has 0 N–H and O–H groups in total. The molecule has 0 fully saturated rings. The average Bonchev–Trinajstić information content (AvgIpc) is 2.54. The zero-order chi connectivity index (χ0) is 17.3. The molecular weight excluding hydrogens is 320 g/mol. The lowest BCUT2D eigenvalue weighted by molar-refractivity contribution is -0.145. The quantitative estimate of drug-likeness (QED) is 0.331. The molecule has 1 atom stereocenters. The van der Waals surface area contributed by atoms with Crippen LogP contribution in [-0.2, 0) is 28.5 Å². The smallest absolute Gasteiger partial charge is 0.305 e. The number of hydrogen-bond acceptors (Lipinski definition) is 7. The normalized spacial score (nSPS) is 12.1. The van der Waals surface area contributed by atoms with Crippen molar-refractivity contribution in [1.29, 1.82) is 0 Å². The molecule has 0 amide bonds. The summed E-state index contributed by atoms with van der Waals surface area (Å²) in [5.74, 6) is 0.428. The first-order valence-corrected chi connectivity index (χ1v) is 9.10. The van der Waals surface area contributed by atoms with Crippen molar-refractivity contribution in [2.75, 3.05) is 52.5 Å². The second kappa shape index (κ2) is 16.2. The van der Waals surface area contributed by atoms with Gasteiger partial charge in [-0.1, -0.05) is 25.6 Å². The molecule has 23 heavy (non-hydrogen) atoms. The maximum atomic E-state index is 11.8. The molecule has 0 aliphatic rings. The fourth-order valence-electron chi connectivity index (χ4n) is 1.79. The average molecular weight is 350 g/mol. The fourth-order valence-corrected chi connectivity index (χ4v) is 2.60. The van der Waals surface area contributed by atoms with E-state index in [0.29, 0.717) is 39.5 Å². The fraction of sp³-hybridized carbons (Fsp3) is 0.875. The van der Waals surface area contributed by atoms with Gasteiger partial charge in [-0.2, -0.15) is 0 Å². The number of rotatable bonds is 15. The Morgan fingerprint density at radius 3 is 2.13 bits per heavy atom. The third kappa shape index (κ3) is 13.5. The molecule has 0 aliphatic carbocycles. The number of hydrogen-bond donors (Lipinski definition) is 0. The van der Waals surface area contributed by atoms with Gasteiger partial charge in [-0.15, -0.1) is 0 Å². The van der Waals surface area contributed by atoms with Crippen molar-refractivity contribution in [3.63, 3.8) is 0 Å². The van der Waals surface area contributed by atoms with E-state index in [9.17, 15) is 9.59 Å². The van der Waals surface area contributed by atoms with Crippen LogP contribution in [0.1, 0.15) is 33.1 Å². The maximum absolute atomic E-state index is 11.8. The highest BCUT2D eigenvalue weighted by atomic mass is 32.2. The molecule has 0 saturated carbocycles. The van der Waals surface area contributed by atoms with Crippen LogP contribution in [0.15, 0.2) is 0 Å². The van der Waals surface area contributed by atoms with E-state index in [0.717, 1.165) is 12.2 Å². The van der Waals surface area contributed by atoms with Crippen LogP contribution in [0, 0.1) is 5.92 Å². The summed E-state index contributed by atoms with van der Waals surface area (Å²) in [6.07, 6.45) is 1.58. The molecule has 0 aromatic heterocycles. The molecule has 0 rings (SSSR count). The summed E-state index contributed by atoms with van der Waals surface area (Å²) in [6.45, 7) is 6.55. The Hall–Kier alpha value is -0.630. The van der Waals surface area contributed by atoms with Crippen LogP contribution in [0.5, 0.6) is 0 Å². The van der Waals surface area contributed by atoms with Crippen molar-refractivity contribution >= 4 is 22.8 Å². The Kier molecular flexibility index (Phi) is 15.8. The number of carbonyl (C=O) groups excluding carboxylic acids is 2. The van der Waals surface area contributed by atoms with Crippen LogP contribution in [0.25, 0.3) is 0 Å². The van der Waals surface area contributed by atoms with E-state index in [2.05, 4.69) is 0 Å². The molecule has 136 valence electrons. The predicted molar refractivity (Wildman–Crippen MR) is 90.6 cm³/mol. The first kappa shape index (κ1) is 22.4. The van der Waals surface area contributed by atoms with Gasteiger partial charge in [-0.25, -0.2) is 0 Å². The van der Waals surface area contributed by atoms with Gasteiger partial charge in [0, 0.05) is 19.4 Å². The topological polar surface area (TPSA) is 71.1 Å². The third-order valence-electron chi connectivity index (χ3n) is 3.10. The number of methoxy groups -OCH3 is 1. The van der Waals surface area contributed by atoms with Crippen LogP contribution in [-0.4, -0.2) is 63.6 Å². The van der Waals surface area contributed by atoms with Crippen molar-refractivity contribution in [2.24, 2.45) is 5.92 Å². The number of carbonyl (C=O) groups is 2. The molecule has 0 unspecified atom stereocenters. The second-order valence-electron chi connectivity index (χ2n) is 4.83. The molecule has 0 bridgehead atoms. The highest BCUT2D eigenvalue weighted by Crippen LogP contribution is 2.19. The summed E-state index contributed by atoms with van der Waals surface area (Å²) in [5, 5.41) is 0.166. The molecule has 0 saturated heterocycles. The molecule has 7 heteroatoms. The van der Waals surface area contributed by atoms with Gasteiger partial charge in [0.1, 0.15) is 6.61 Å². The predicted octanol–water partition coefficient (Wildman–Crippen LogP) is 2.30. The van der Waals surface area contributed by atoms with Crippen LogP contribution < -0.4 is 0 Å². The van der Waals surface area contributed by atoms with E-state index in [1.165, 1.54) is 11.8 Å². The highest BCUT2D eigenvalue weighted by Gasteiger charge is 2.18. The monoisotopic (exact) mass is 350 g/mol. The summed E-state index contributed by atoms with van der Waals surface area (Å²) < 4.78 is 20.4. The summed E-state index contributed by atoms with van der Waals surface area (Å²) in [5.41, 5.74) is 0. The lowest BCUT2D eigenvalue weighted by Gasteiger charge is -2.12. The molecule has 0 aromatic carbocycles. The van der Waals surface area contributed by atoms with Crippen molar-refractivity contribution in [2.45, 2.75) is 33.1 Å². The second-order valence-corrected chi connectivity index (χ2v) is 6.10. The van der Waals surface area contributed by atoms with Crippen molar-refractivity contribution in [3.8, 4) is 0 Å². The van der Waals surface area contributed by atoms with E-state index in [1.54, 1.807) is 7.11 Å². The number of esters is 1. The molecule has 0 aliphatic heterocycles. The number of ether oxygens (including phenoxy) is 4. The van der Waals surface area contributed by atoms with E-state index < -0.39 is 0 Å². The zero-order valence-electron chi connectivity index (χ0n) is 14.5. The molecule has 0 spiro atoms. The maximum Gasteiger partial charge on any atom is 0.305 e. The van der Waals surface area contributed by atoms with Gasteiger partial charge < -0.3 is 18.9 Å². The summed E-state index contributed by atoms with van der Waals surface area (Å²) in [7, 11) is 1.62. The summed E-state index contributed by atoms with van der Waals surface area (Å²) in [4.78, 5) is 23.4. The Balaban J connectivity index is 3.54. The highest BCUT2D eigenvalue weighted by molar-refractivity contribution is 8.13. The zero-order valence-corrected chi connectivity index (χ0v) is 15.3. The largest absolute Gasteiger partial charge is 0.463 e. The van der Waals surface area contributed by atoms with Gasteiger partial charge in [-0.3, -0.25) is 9.59 Å². The summed E-state index contributed by atoms with van der Waals surface area (Å²) in [6, 6.07) is 0. The van der Waals surface area contributed by atoms with Gasteiger partial charge in [0.25, 0.3) is 0 Å². The minimum absolute atomic E-state index is 0.0620.